The van der Waals surface area contributed by atoms with Gasteiger partial charge in [-0.25, -0.2) is 0 Å². The van der Waals surface area contributed by atoms with Gasteiger partial charge in [0.05, 0.1) is 10.9 Å². The standard InChI is InChI=1S/C20H25N5OS3/c1-14-6-8-24(9-7-14)15(16-4-2-10-28-16)12-21-18(26)13-25-19(22-23-20(25)27)17-5-3-11-29-17/h2-5,10-11,14-15H,6-9,12-13H2,1H3,(H,21,26)(H,23,27). The highest BCUT2D eigenvalue weighted by atomic mass is 32.1. The van der Waals surface area contributed by atoms with Crippen LogP contribution in [0.15, 0.2) is 35.0 Å². The van der Waals surface area contributed by atoms with Crippen molar-refractivity contribution in [2.24, 2.45) is 5.92 Å². The van der Waals surface area contributed by atoms with E-state index in [1.165, 1.54) is 17.7 Å². The molecule has 0 aromatic carbocycles. The lowest BCUT2D eigenvalue weighted by atomic mass is 9.97. The number of aromatic nitrogens is 3. The van der Waals surface area contributed by atoms with Crippen LogP contribution in [0.25, 0.3) is 10.7 Å². The van der Waals surface area contributed by atoms with Crippen LogP contribution in [0.5, 0.6) is 0 Å². The Kier molecular flexibility index (Phi) is 6.59. The van der Waals surface area contributed by atoms with E-state index in [0.29, 0.717) is 17.1 Å². The molecule has 2 N–H and O–H groups in total. The molecule has 4 heterocycles. The predicted octanol–water partition coefficient (Wildman–Crippen LogP) is 4.32. The van der Waals surface area contributed by atoms with Crippen molar-refractivity contribution in [3.05, 3.63) is 44.7 Å². The van der Waals surface area contributed by atoms with Gasteiger partial charge in [0, 0.05) is 11.4 Å². The highest BCUT2D eigenvalue weighted by Gasteiger charge is 2.26. The lowest BCUT2D eigenvalue weighted by Gasteiger charge is -2.36. The zero-order valence-electron chi connectivity index (χ0n) is 16.3. The molecule has 6 nitrogen and oxygen atoms in total. The van der Waals surface area contributed by atoms with Crippen LogP contribution >= 0.6 is 34.9 Å². The number of thiophene rings is 2. The van der Waals surface area contributed by atoms with Crippen molar-refractivity contribution in [3.8, 4) is 10.7 Å². The number of amides is 1. The quantitative estimate of drug-likeness (QED) is 0.530. The van der Waals surface area contributed by atoms with Gasteiger partial charge in [0.15, 0.2) is 10.6 Å². The van der Waals surface area contributed by atoms with E-state index in [9.17, 15) is 4.79 Å². The van der Waals surface area contributed by atoms with Crippen molar-refractivity contribution in [1.29, 1.82) is 0 Å². The molecule has 1 saturated heterocycles. The molecule has 1 amide bonds. The van der Waals surface area contributed by atoms with Crippen LogP contribution in [0, 0.1) is 10.7 Å². The number of nitrogens with zero attached hydrogens (tertiary/aromatic N) is 3. The van der Waals surface area contributed by atoms with E-state index in [1.54, 1.807) is 27.2 Å². The summed E-state index contributed by atoms with van der Waals surface area (Å²) in [5.74, 6) is 1.44. The van der Waals surface area contributed by atoms with Gasteiger partial charge < -0.3 is 5.32 Å². The molecule has 29 heavy (non-hydrogen) atoms. The minimum Gasteiger partial charge on any atom is -0.353 e. The Bertz CT molecular complexity index is 968. The number of piperidine rings is 1. The molecular weight excluding hydrogens is 422 g/mol. The second-order valence-corrected chi connectivity index (χ2v) is 9.78. The Labute approximate surface area is 183 Å². The van der Waals surface area contributed by atoms with Gasteiger partial charge in [-0.05, 0) is 67.0 Å². The van der Waals surface area contributed by atoms with E-state index in [1.807, 2.05) is 17.5 Å². The zero-order chi connectivity index (χ0) is 20.2. The van der Waals surface area contributed by atoms with Crippen molar-refractivity contribution in [2.45, 2.75) is 32.4 Å². The number of aromatic amines is 1. The Morgan fingerprint density at radius 3 is 2.76 bits per heavy atom. The molecule has 0 aliphatic carbocycles. The predicted molar refractivity (Wildman–Crippen MR) is 121 cm³/mol. The topological polar surface area (TPSA) is 66.0 Å². The summed E-state index contributed by atoms with van der Waals surface area (Å²) >= 11 is 8.68. The first-order valence-electron chi connectivity index (χ1n) is 9.85. The molecule has 1 aliphatic heterocycles. The lowest BCUT2D eigenvalue weighted by molar-refractivity contribution is -0.122. The monoisotopic (exact) mass is 447 g/mol. The highest BCUT2D eigenvalue weighted by molar-refractivity contribution is 7.71. The first kappa shape index (κ1) is 20.5. The largest absolute Gasteiger partial charge is 0.353 e. The van der Waals surface area contributed by atoms with E-state index < -0.39 is 0 Å². The third kappa shape index (κ3) is 4.85. The van der Waals surface area contributed by atoms with Gasteiger partial charge in [0.25, 0.3) is 0 Å². The highest BCUT2D eigenvalue weighted by Crippen LogP contribution is 2.29. The van der Waals surface area contributed by atoms with Crippen molar-refractivity contribution in [1.82, 2.24) is 25.0 Å². The first-order valence-corrected chi connectivity index (χ1v) is 12.0. The SMILES string of the molecule is CC1CCN(C(CNC(=O)Cn2c(-c3cccs3)n[nH]c2=S)c2cccs2)CC1. The zero-order valence-corrected chi connectivity index (χ0v) is 18.8. The Hall–Kier alpha value is -1.81. The van der Waals surface area contributed by atoms with Gasteiger partial charge in [-0.2, -0.15) is 5.10 Å². The van der Waals surface area contributed by atoms with Crippen molar-refractivity contribution < 1.29 is 4.79 Å². The molecule has 154 valence electrons. The average molecular weight is 448 g/mol. The van der Waals surface area contributed by atoms with Crippen LogP contribution in [0.1, 0.15) is 30.7 Å². The van der Waals surface area contributed by atoms with Crippen molar-refractivity contribution >= 4 is 40.8 Å². The molecule has 0 spiro atoms. The number of rotatable bonds is 7. The van der Waals surface area contributed by atoms with E-state index in [4.69, 9.17) is 12.2 Å². The number of carbonyl (C=O) groups is 1. The summed E-state index contributed by atoms with van der Waals surface area (Å²) < 4.78 is 2.22. The molecule has 1 aliphatic rings. The van der Waals surface area contributed by atoms with Crippen LogP contribution in [0.4, 0.5) is 0 Å². The minimum absolute atomic E-state index is 0.0489. The summed E-state index contributed by atoms with van der Waals surface area (Å²) in [5, 5.41) is 14.3. The van der Waals surface area contributed by atoms with Gasteiger partial charge in [-0.15, -0.1) is 22.7 Å². The summed E-state index contributed by atoms with van der Waals surface area (Å²) in [6, 6.07) is 8.42. The van der Waals surface area contributed by atoms with Crippen molar-refractivity contribution in [3.63, 3.8) is 0 Å². The van der Waals surface area contributed by atoms with E-state index in [2.05, 4.69) is 44.9 Å². The number of hydrogen-bond donors (Lipinski definition) is 2. The summed E-state index contributed by atoms with van der Waals surface area (Å²) in [4.78, 5) is 17.6. The number of carbonyl (C=O) groups excluding carboxylic acids is 1. The maximum absolute atomic E-state index is 12.8. The second kappa shape index (κ2) is 9.34. The molecule has 1 atom stereocenters. The summed E-state index contributed by atoms with van der Waals surface area (Å²) in [7, 11) is 0. The van der Waals surface area contributed by atoms with Gasteiger partial charge >= 0.3 is 0 Å². The summed E-state index contributed by atoms with van der Waals surface area (Å²) in [5.41, 5.74) is 0. The Morgan fingerprint density at radius 1 is 1.31 bits per heavy atom. The molecule has 1 unspecified atom stereocenters. The molecule has 0 saturated carbocycles. The minimum atomic E-state index is -0.0489. The van der Waals surface area contributed by atoms with Gasteiger partial charge in [-0.3, -0.25) is 19.4 Å². The first-order chi connectivity index (χ1) is 14.1. The molecule has 3 aromatic heterocycles. The lowest BCUT2D eigenvalue weighted by Crippen LogP contribution is -2.42. The fourth-order valence-electron chi connectivity index (χ4n) is 3.70. The molecule has 1 fully saturated rings. The second-order valence-electron chi connectivity index (χ2n) is 7.47. The fraction of sp³-hybridized carbons (Fsp3) is 0.450. The van der Waals surface area contributed by atoms with E-state index >= 15 is 0 Å². The third-order valence-electron chi connectivity index (χ3n) is 5.42. The van der Waals surface area contributed by atoms with Gasteiger partial charge in [0.2, 0.25) is 5.91 Å². The smallest absolute Gasteiger partial charge is 0.240 e. The molecule has 0 bridgehead atoms. The average Bonchev–Trinajstić information content (AvgIpc) is 3.47. The van der Waals surface area contributed by atoms with Crippen LogP contribution in [-0.4, -0.2) is 45.2 Å². The van der Waals surface area contributed by atoms with E-state index in [0.717, 1.165) is 23.9 Å². The molecule has 0 radical (unpaired) electrons. The van der Waals surface area contributed by atoms with Crippen molar-refractivity contribution in [2.75, 3.05) is 19.6 Å². The number of H-pyrrole nitrogens is 1. The molecular formula is C20H25N5OS3. The third-order valence-corrected chi connectivity index (χ3v) is 7.58. The maximum Gasteiger partial charge on any atom is 0.240 e. The van der Waals surface area contributed by atoms with Crippen LogP contribution in [-0.2, 0) is 11.3 Å². The summed E-state index contributed by atoms with van der Waals surface area (Å²) in [6.07, 6.45) is 2.42. The van der Waals surface area contributed by atoms with E-state index in [-0.39, 0.29) is 18.5 Å². The fourth-order valence-corrected chi connectivity index (χ4v) is 5.48. The Morgan fingerprint density at radius 2 is 2.07 bits per heavy atom. The number of likely N-dealkylation sites (tertiary alicyclic amines) is 1. The van der Waals surface area contributed by atoms with Crippen LogP contribution in [0.2, 0.25) is 0 Å². The van der Waals surface area contributed by atoms with Crippen LogP contribution in [0.3, 0.4) is 0 Å². The molecule has 4 rings (SSSR count). The number of hydrogen-bond acceptors (Lipinski definition) is 6. The number of nitrogens with one attached hydrogen (secondary N) is 2. The molecule has 9 heteroatoms. The summed E-state index contributed by atoms with van der Waals surface area (Å²) in [6.45, 7) is 5.24. The normalized spacial score (nSPS) is 16.7. The van der Waals surface area contributed by atoms with Gasteiger partial charge in [-0.1, -0.05) is 19.1 Å². The van der Waals surface area contributed by atoms with Crippen LogP contribution < -0.4 is 5.32 Å². The van der Waals surface area contributed by atoms with Gasteiger partial charge in [0.1, 0.15) is 6.54 Å². The maximum atomic E-state index is 12.8. The molecule has 3 aromatic rings. The Balaban J connectivity index is 1.43.